The zero-order valence-electron chi connectivity index (χ0n) is 8.28. The first-order chi connectivity index (χ1) is 7.93. The second kappa shape index (κ2) is 5.46. The van der Waals surface area contributed by atoms with Gasteiger partial charge >= 0.3 is 12.6 Å². The zero-order valence-corrected chi connectivity index (χ0v) is 9.04. The lowest BCUT2D eigenvalue weighted by Gasteiger charge is -2.11. The van der Waals surface area contributed by atoms with E-state index in [-0.39, 0.29) is 16.1 Å². The fourth-order valence-corrected chi connectivity index (χ4v) is 1.45. The molecule has 0 heterocycles. The fraction of sp³-hybridized carbons (Fsp3) is 0.200. The van der Waals surface area contributed by atoms with Crippen molar-refractivity contribution in [3.05, 3.63) is 28.3 Å². The number of nitrogens with zero attached hydrogens (tertiary/aromatic N) is 1. The van der Waals surface area contributed by atoms with Crippen LogP contribution in [0.3, 0.4) is 0 Å². The Morgan fingerprint density at radius 3 is 2.71 bits per heavy atom. The first-order valence-electron chi connectivity index (χ1n) is 4.33. The van der Waals surface area contributed by atoms with E-state index in [4.69, 9.17) is 22.0 Å². The van der Waals surface area contributed by atoms with E-state index in [0.717, 1.165) is 6.07 Å². The number of nitriles is 1. The number of aliphatic carboxylic acids is 1. The number of hydrogen-bond donors (Lipinski definition) is 1. The molecule has 0 aliphatic rings. The van der Waals surface area contributed by atoms with Crippen molar-refractivity contribution in [3.63, 3.8) is 0 Å². The van der Waals surface area contributed by atoms with Crippen LogP contribution in [0.1, 0.15) is 11.1 Å². The summed E-state index contributed by atoms with van der Waals surface area (Å²) in [5.74, 6) is -1.66. The highest BCUT2D eigenvalue weighted by molar-refractivity contribution is 6.30. The highest BCUT2D eigenvalue weighted by Crippen LogP contribution is 2.29. The summed E-state index contributed by atoms with van der Waals surface area (Å²) in [4.78, 5) is 10.6. The number of ether oxygens (including phenoxy) is 1. The molecule has 4 nitrogen and oxygen atoms in total. The van der Waals surface area contributed by atoms with Crippen LogP contribution in [0.5, 0.6) is 5.75 Å². The smallest absolute Gasteiger partial charge is 0.387 e. The van der Waals surface area contributed by atoms with Gasteiger partial charge in [-0.1, -0.05) is 11.6 Å². The number of carboxylic acids is 1. The molecule has 0 aromatic heterocycles. The van der Waals surface area contributed by atoms with E-state index in [9.17, 15) is 13.6 Å². The standard InChI is InChI=1S/C10H6ClF2NO3/c11-6-1-5(4-14)7(3-9(15)16)8(2-6)17-10(12)13/h1-2,10H,3H2,(H,15,16). The van der Waals surface area contributed by atoms with E-state index in [1.165, 1.54) is 6.07 Å². The van der Waals surface area contributed by atoms with Crippen molar-refractivity contribution in [1.29, 1.82) is 5.26 Å². The molecule has 0 saturated heterocycles. The molecular formula is C10H6ClF2NO3. The molecule has 1 rings (SSSR count). The van der Waals surface area contributed by atoms with Crippen molar-refractivity contribution in [3.8, 4) is 11.8 Å². The van der Waals surface area contributed by atoms with Crippen LogP contribution >= 0.6 is 11.6 Å². The van der Waals surface area contributed by atoms with E-state index in [2.05, 4.69) is 4.74 Å². The number of carbonyl (C=O) groups is 1. The Bertz CT molecular complexity index is 485. The van der Waals surface area contributed by atoms with Crippen molar-refractivity contribution in [2.75, 3.05) is 0 Å². The highest BCUT2D eigenvalue weighted by Gasteiger charge is 2.17. The molecule has 0 aliphatic heterocycles. The molecule has 0 radical (unpaired) electrons. The Morgan fingerprint density at radius 2 is 2.24 bits per heavy atom. The maximum Gasteiger partial charge on any atom is 0.387 e. The van der Waals surface area contributed by atoms with E-state index in [1.807, 2.05) is 0 Å². The van der Waals surface area contributed by atoms with Gasteiger partial charge in [-0.25, -0.2) is 0 Å². The topological polar surface area (TPSA) is 70.3 Å². The molecule has 17 heavy (non-hydrogen) atoms. The lowest BCUT2D eigenvalue weighted by molar-refractivity contribution is -0.136. The van der Waals surface area contributed by atoms with Gasteiger partial charge in [0.15, 0.2) is 0 Å². The molecule has 0 atom stereocenters. The van der Waals surface area contributed by atoms with Gasteiger partial charge in [-0.05, 0) is 12.1 Å². The van der Waals surface area contributed by atoms with Crippen LogP contribution in [0.4, 0.5) is 8.78 Å². The first kappa shape index (κ1) is 13.2. The number of rotatable bonds is 4. The Hall–Kier alpha value is -1.87. The average molecular weight is 262 g/mol. The minimum absolute atomic E-state index is 0.0198. The number of hydrogen-bond acceptors (Lipinski definition) is 3. The molecule has 90 valence electrons. The predicted molar refractivity (Wildman–Crippen MR) is 54.1 cm³/mol. The maximum atomic E-state index is 12.1. The lowest BCUT2D eigenvalue weighted by Crippen LogP contribution is -2.09. The minimum Gasteiger partial charge on any atom is -0.481 e. The van der Waals surface area contributed by atoms with Gasteiger partial charge in [0, 0.05) is 10.6 Å². The normalized spacial score (nSPS) is 10.1. The monoisotopic (exact) mass is 261 g/mol. The Labute approximate surface area is 100.0 Å². The fourth-order valence-electron chi connectivity index (χ4n) is 1.25. The van der Waals surface area contributed by atoms with Crippen molar-refractivity contribution >= 4 is 17.6 Å². The molecule has 1 aromatic rings. The zero-order chi connectivity index (χ0) is 13.0. The SMILES string of the molecule is N#Cc1cc(Cl)cc(OC(F)F)c1CC(=O)O. The second-order valence-electron chi connectivity index (χ2n) is 2.99. The van der Waals surface area contributed by atoms with Gasteiger partial charge in [0.05, 0.1) is 18.1 Å². The van der Waals surface area contributed by atoms with E-state index >= 15 is 0 Å². The minimum atomic E-state index is -3.12. The molecule has 1 N–H and O–H groups in total. The van der Waals surface area contributed by atoms with Gasteiger partial charge < -0.3 is 9.84 Å². The lowest BCUT2D eigenvalue weighted by atomic mass is 10.0. The molecule has 1 aromatic carbocycles. The largest absolute Gasteiger partial charge is 0.481 e. The quantitative estimate of drug-likeness (QED) is 0.904. The van der Waals surface area contributed by atoms with Crippen molar-refractivity contribution < 1.29 is 23.4 Å². The molecule has 0 amide bonds. The van der Waals surface area contributed by atoms with Crippen LogP contribution in [0, 0.1) is 11.3 Å². The van der Waals surface area contributed by atoms with Crippen LogP contribution < -0.4 is 4.74 Å². The number of halogens is 3. The van der Waals surface area contributed by atoms with Crippen molar-refractivity contribution in [1.82, 2.24) is 0 Å². The molecule has 7 heteroatoms. The molecule has 0 bridgehead atoms. The van der Waals surface area contributed by atoms with Crippen molar-refractivity contribution in [2.45, 2.75) is 13.0 Å². The summed E-state index contributed by atoms with van der Waals surface area (Å²) in [7, 11) is 0. The van der Waals surface area contributed by atoms with Crippen LogP contribution in [0.15, 0.2) is 12.1 Å². The summed E-state index contributed by atoms with van der Waals surface area (Å²) in [5.41, 5.74) is -0.222. The van der Waals surface area contributed by atoms with Gasteiger partial charge in [0.1, 0.15) is 5.75 Å². The molecule has 0 spiro atoms. The molecule has 0 saturated carbocycles. The third-order valence-corrected chi connectivity index (χ3v) is 2.06. The molecular weight excluding hydrogens is 256 g/mol. The first-order valence-corrected chi connectivity index (χ1v) is 4.71. The third kappa shape index (κ3) is 3.57. The summed E-state index contributed by atoms with van der Waals surface area (Å²) in [5, 5.41) is 17.4. The number of alkyl halides is 2. The predicted octanol–water partition coefficient (Wildman–Crippen LogP) is 2.44. The summed E-state index contributed by atoms with van der Waals surface area (Å²) >= 11 is 5.60. The summed E-state index contributed by atoms with van der Waals surface area (Å²) < 4.78 is 28.4. The molecule has 0 fully saturated rings. The van der Waals surface area contributed by atoms with Gasteiger partial charge in [0.2, 0.25) is 0 Å². The van der Waals surface area contributed by atoms with Crippen LogP contribution in [0.25, 0.3) is 0 Å². The number of carboxylic acid groups (broad SMARTS) is 1. The summed E-state index contributed by atoms with van der Waals surface area (Å²) in [6, 6.07) is 3.92. The summed E-state index contributed by atoms with van der Waals surface area (Å²) in [6.07, 6.45) is -0.595. The second-order valence-corrected chi connectivity index (χ2v) is 3.43. The Morgan fingerprint density at radius 1 is 1.59 bits per heavy atom. The van der Waals surface area contributed by atoms with Gasteiger partial charge in [-0.15, -0.1) is 0 Å². The Kier molecular flexibility index (Phi) is 4.24. The molecule has 0 aliphatic carbocycles. The third-order valence-electron chi connectivity index (χ3n) is 1.84. The maximum absolute atomic E-state index is 12.1. The van der Waals surface area contributed by atoms with Crippen LogP contribution in [0.2, 0.25) is 5.02 Å². The van der Waals surface area contributed by atoms with E-state index in [1.54, 1.807) is 6.07 Å². The Balaban J connectivity index is 3.29. The summed E-state index contributed by atoms with van der Waals surface area (Å²) in [6.45, 7) is -3.12. The van der Waals surface area contributed by atoms with Gasteiger partial charge in [0.25, 0.3) is 0 Å². The van der Waals surface area contributed by atoms with Crippen LogP contribution in [-0.2, 0) is 11.2 Å². The number of benzene rings is 1. The van der Waals surface area contributed by atoms with Crippen LogP contribution in [-0.4, -0.2) is 17.7 Å². The van der Waals surface area contributed by atoms with E-state index < -0.39 is 24.8 Å². The highest BCUT2D eigenvalue weighted by atomic mass is 35.5. The van der Waals surface area contributed by atoms with Gasteiger partial charge in [-0.2, -0.15) is 14.0 Å². The van der Waals surface area contributed by atoms with Gasteiger partial charge in [-0.3, -0.25) is 4.79 Å². The molecule has 0 unspecified atom stereocenters. The van der Waals surface area contributed by atoms with E-state index in [0.29, 0.717) is 0 Å². The van der Waals surface area contributed by atoms with Crippen molar-refractivity contribution in [2.24, 2.45) is 0 Å². The average Bonchev–Trinajstić information content (AvgIpc) is 2.20.